The summed E-state index contributed by atoms with van der Waals surface area (Å²) in [5.74, 6) is 0.662. The van der Waals surface area contributed by atoms with E-state index in [1.54, 1.807) is 18.2 Å². The van der Waals surface area contributed by atoms with Crippen molar-refractivity contribution in [2.45, 2.75) is 19.8 Å². The number of fused-ring (bicyclic) bond motifs is 1. The highest BCUT2D eigenvalue weighted by atomic mass is 16.7. The molecule has 21 heavy (non-hydrogen) atoms. The Kier molecular flexibility index (Phi) is 3.09. The van der Waals surface area contributed by atoms with Crippen LogP contribution >= 0.6 is 0 Å². The third-order valence-electron chi connectivity index (χ3n) is 2.97. The molecule has 3 aromatic heterocycles. The van der Waals surface area contributed by atoms with E-state index in [0.29, 0.717) is 22.5 Å². The lowest BCUT2D eigenvalue weighted by atomic mass is 10.1. The molecule has 0 saturated carbocycles. The molecule has 0 atom stereocenters. The molecule has 108 valence electrons. The Morgan fingerprint density at radius 2 is 2.24 bits per heavy atom. The summed E-state index contributed by atoms with van der Waals surface area (Å²) in [6.07, 6.45) is 0.0764. The molecule has 0 spiro atoms. The maximum absolute atomic E-state index is 10.9. The number of carboxylic acid groups (broad SMARTS) is 1. The van der Waals surface area contributed by atoms with E-state index in [4.69, 9.17) is 18.8 Å². The number of pyridine rings is 1. The number of hydrogen-bond donors (Lipinski definition) is 1. The Morgan fingerprint density at radius 1 is 1.43 bits per heavy atom. The zero-order chi connectivity index (χ0) is 15.0. The van der Waals surface area contributed by atoms with E-state index in [2.05, 4.69) is 10.1 Å². The topological polar surface area (TPSA) is 98.6 Å². The summed E-state index contributed by atoms with van der Waals surface area (Å²) in [5.41, 5.74) is 1.22. The van der Waals surface area contributed by atoms with Gasteiger partial charge in [-0.05, 0) is 18.1 Å². The molecule has 0 radical (unpaired) electrons. The van der Waals surface area contributed by atoms with Crippen LogP contribution in [-0.2, 0) is 0 Å². The number of nitrogens with zero attached hydrogens (tertiary/aromatic N) is 2. The van der Waals surface area contributed by atoms with Gasteiger partial charge in [0, 0.05) is 6.07 Å². The fraction of sp³-hybridized carbons (Fsp3) is 0.214. The van der Waals surface area contributed by atoms with Gasteiger partial charge in [0.15, 0.2) is 17.2 Å². The van der Waals surface area contributed by atoms with Gasteiger partial charge in [0.1, 0.15) is 5.39 Å². The Labute approximate surface area is 119 Å². The lowest BCUT2D eigenvalue weighted by Gasteiger charge is -2.07. The van der Waals surface area contributed by atoms with Gasteiger partial charge in [-0.3, -0.25) is 0 Å². The fourth-order valence-corrected chi connectivity index (χ4v) is 1.99. The van der Waals surface area contributed by atoms with E-state index >= 15 is 0 Å². The van der Waals surface area contributed by atoms with E-state index < -0.39 is 6.16 Å². The summed E-state index contributed by atoms with van der Waals surface area (Å²) in [6, 6.07) is 4.96. The second kappa shape index (κ2) is 4.93. The quantitative estimate of drug-likeness (QED) is 0.734. The monoisotopic (exact) mass is 288 g/mol. The second-order valence-electron chi connectivity index (χ2n) is 4.76. The molecule has 0 aliphatic heterocycles. The summed E-state index contributed by atoms with van der Waals surface area (Å²) in [7, 11) is 0. The summed E-state index contributed by atoms with van der Waals surface area (Å²) in [5, 5.41) is 13.2. The number of carbonyl (C=O) groups is 1. The molecule has 0 saturated heterocycles. The maximum Gasteiger partial charge on any atom is 0.511 e. The van der Waals surface area contributed by atoms with Crippen LogP contribution in [0, 0.1) is 0 Å². The number of aromatic nitrogens is 2. The molecule has 7 nitrogen and oxygen atoms in total. The molecular weight excluding hydrogens is 276 g/mol. The van der Waals surface area contributed by atoms with Crippen molar-refractivity contribution in [2.24, 2.45) is 0 Å². The van der Waals surface area contributed by atoms with Crippen LogP contribution in [0.5, 0.6) is 5.75 Å². The molecule has 0 bridgehead atoms. The molecule has 1 N–H and O–H groups in total. The van der Waals surface area contributed by atoms with Gasteiger partial charge >= 0.3 is 6.16 Å². The third-order valence-corrected chi connectivity index (χ3v) is 2.97. The van der Waals surface area contributed by atoms with Crippen LogP contribution in [0.4, 0.5) is 4.79 Å². The SMILES string of the molecule is CC(C)c1cc(OC(=O)O)c2c(-c3ccco3)noc2n1. The average Bonchev–Trinajstić information content (AvgIpc) is 3.05. The molecule has 0 aliphatic carbocycles. The molecule has 0 fully saturated rings. The van der Waals surface area contributed by atoms with Gasteiger partial charge in [0.25, 0.3) is 5.71 Å². The minimum absolute atomic E-state index is 0.0858. The molecule has 0 unspecified atom stereocenters. The maximum atomic E-state index is 10.9. The van der Waals surface area contributed by atoms with Crippen molar-refractivity contribution in [1.29, 1.82) is 0 Å². The van der Waals surface area contributed by atoms with Gasteiger partial charge in [-0.1, -0.05) is 19.0 Å². The summed E-state index contributed by atoms with van der Waals surface area (Å²) >= 11 is 0. The van der Waals surface area contributed by atoms with Crippen molar-refractivity contribution in [3.8, 4) is 17.2 Å². The van der Waals surface area contributed by atoms with E-state index in [9.17, 15) is 4.79 Å². The zero-order valence-electron chi connectivity index (χ0n) is 11.4. The van der Waals surface area contributed by atoms with Crippen molar-refractivity contribution >= 4 is 17.3 Å². The normalized spacial score (nSPS) is 11.2. The Bertz CT molecular complexity index is 789. The Hall–Kier alpha value is -2.83. The fourth-order valence-electron chi connectivity index (χ4n) is 1.99. The summed E-state index contributed by atoms with van der Waals surface area (Å²) in [4.78, 5) is 15.2. The van der Waals surface area contributed by atoms with Crippen molar-refractivity contribution in [1.82, 2.24) is 10.1 Å². The minimum Gasteiger partial charge on any atom is -0.463 e. The predicted octanol–water partition coefficient (Wildman–Crippen LogP) is 3.66. The first kappa shape index (κ1) is 13.2. The number of furan rings is 1. The first-order valence-corrected chi connectivity index (χ1v) is 6.31. The van der Waals surface area contributed by atoms with Crippen LogP contribution in [0.2, 0.25) is 0 Å². The highest BCUT2D eigenvalue weighted by Gasteiger charge is 2.22. The first-order valence-electron chi connectivity index (χ1n) is 6.31. The first-order chi connectivity index (χ1) is 10.1. The van der Waals surface area contributed by atoms with Crippen molar-refractivity contribution < 1.29 is 23.6 Å². The van der Waals surface area contributed by atoms with Crippen LogP contribution < -0.4 is 4.74 Å². The number of rotatable bonds is 3. The van der Waals surface area contributed by atoms with E-state index in [1.807, 2.05) is 13.8 Å². The summed E-state index contributed by atoms with van der Waals surface area (Å²) in [6.45, 7) is 3.87. The predicted molar refractivity (Wildman–Crippen MR) is 72.2 cm³/mol. The molecule has 0 aliphatic rings. The number of ether oxygens (including phenoxy) is 1. The lowest BCUT2D eigenvalue weighted by Crippen LogP contribution is -2.05. The van der Waals surface area contributed by atoms with Gasteiger partial charge in [0.05, 0.1) is 12.0 Å². The molecule has 3 rings (SSSR count). The molecule has 3 heterocycles. The van der Waals surface area contributed by atoms with Gasteiger partial charge < -0.3 is 18.8 Å². The highest BCUT2D eigenvalue weighted by Crippen LogP contribution is 2.36. The van der Waals surface area contributed by atoms with Crippen LogP contribution in [0.15, 0.2) is 33.4 Å². The molecule has 0 aromatic carbocycles. The van der Waals surface area contributed by atoms with Crippen LogP contribution in [0.1, 0.15) is 25.5 Å². The van der Waals surface area contributed by atoms with Crippen LogP contribution in [0.3, 0.4) is 0 Å². The summed E-state index contributed by atoms with van der Waals surface area (Å²) < 4.78 is 15.3. The van der Waals surface area contributed by atoms with Gasteiger partial charge in [-0.25, -0.2) is 9.78 Å². The largest absolute Gasteiger partial charge is 0.511 e. The van der Waals surface area contributed by atoms with E-state index in [1.165, 1.54) is 6.26 Å². The molecule has 7 heteroatoms. The van der Waals surface area contributed by atoms with Crippen molar-refractivity contribution in [2.75, 3.05) is 0 Å². The smallest absolute Gasteiger partial charge is 0.463 e. The Balaban J connectivity index is 2.26. The Morgan fingerprint density at radius 3 is 2.86 bits per heavy atom. The molecule has 3 aromatic rings. The molecular formula is C14H12N2O5. The standard InChI is InChI=1S/C14H12N2O5/c1-7(2)8-6-10(20-14(17)18)11-12(9-4-3-5-19-9)16-21-13(11)15-8/h3-7H,1-2H3,(H,17,18). The minimum atomic E-state index is -1.41. The highest BCUT2D eigenvalue weighted by molar-refractivity contribution is 5.94. The molecule has 0 amide bonds. The van der Waals surface area contributed by atoms with Gasteiger partial charge in [0.2, 0.25) is 0 Å². The van der Waals surface area contributed by atoms with Crippen LogP contribution in [-0.4, -0.2) is 21.4 Å². The number of hydrogen-bond acceptors (Lipinski definition) is 6. The zero-order valence-corrected chi connectivity index (χ0v) is 11.4. The van der Waals surface area contributed by atoms with Crippen molar-refractivity contribution in [3.63, 3.8) is 0 Å². The third kappa shape index (κ3) is 2.33. The van der Waals surface area contributed by atoms with E-state index in [0.717, 1.165) is 0 Å². The van der Waals surface area contributed by atoms with E-state index in [-0.39, 0.29) is 17.4 Å². The van der Waals surface area contributed by atoms with Crippen LogP contribution in [0.25, 0.3) is 22.6 Å². The van der Waals surface area contributed by atoms with Crippen molar-refractivity contribution in [3.05, 3.63) is 30.2 Å². The van der Waals surface area contributed by atoms with Gasteiger partial charge in [-0.15, -0.1) is 0 Å². The average molecular weight is 288 g/mol. The van der Waals surface area contributed by atoms with Gasteiger partial charge in [-0.2, -0.15) is 0 Å². The second-order valence-corrected chi connectivity index (χ2v) is 4.76. The lowest BCUT2D eigenvalue weighted by molar-refractivity contribution is 0.145.